The van der Waals surface area contributed by atoms with E-state index >= 15 is 0 Å². The number of rotatable bonds is 0. The minimum absolute atomic E-state index is 0.401. The minimum atomic E-state index is 0.401. The van der Waals surface area contributed by atoms with Crippen molar-refractivity contribution in [3.63, 3.8) is 0 Å². The highest BCUT2D eigenvalue weighted by Crippen LogP contribution is 2.21. The van der Waals surface area contributed by atoms with E-state index in [1.54, 1.807) is 0 Å². The van der Waals surface area contributed by atoms with Crippen LogP contribution >= 0.6 is 0 Å². The van der Waals surface area contributed by atoms with E-state index in [0.717, 1.165) is 34.1 Å². The van der Waals surface area contributed by atoms with Crippen LogP contribution in [0.1, 0.15) is 0 Å². The maximum Gasteiger partial charge on any atom is 0.120 e. The molecular weight excluding hydrogens is 304 g/mol. The summed E-state index contributed by atoms with van der Waals surface area (Å²) in [5.41, 5.74) is 1.71. The van der Waals surface area contributed by atoms with Gasteiger partial charge < -0.3 is 18.9 Å². The highest BCUT2D eigenvalue weighted by molar-refractivity contribution is 5.33. The van der Waals surface area contributed by atoms with Gasteiger partial charge in [-0.3, -0.25) is 0 Å². The van der Waals surface area contributed by atoms with E-state index in [1.165, 1.54) is 0 Å². The van der Waals surface area contributed by atoms with Gasteiger partial charge in [-0.05, 0) is 59.7 Å². The van der Waals surface area contributed by atoms with Gasteiger partial charge in [0.25, 0.3) is 0 Å². The predicted octanol–water partition coefficient (Wildman–Crippen LogP) is 4.03. The molecule has 0 unspecified atom stereocenters. The van der Waals surface area contributed by atoms with E-state index in [-0.39, 0.29) is 0 Å². The summed E-state index contributed by atoms with van der Waals surface area (Å²) in [7, 11) is 0. The second-order valence-electron chi connectivity index (χ2n) is 5.60. The lowest BCUT2D eigenvalue weighted by molar-refractivity contribution is 0.293. The van der Waals surface area contributed by atoms with Crippen molar-refractivity contribution in [2.75, 3.05) is 26.4 Å². The Morgan fingerprint density at radius 3 is 0.875 bits per heavy atom. The molecular formula is C20H20O4. The molecule has 2 aromatic carbocycles. The molecule has 0 amide bonds. The first-order valence-electron chi connectivity index (χ1n) is 7.74. The summed E-state index contributed by atoms with van der Waals surface area (Å²) in [4.78, 5) is 0. The van der Waals surface area contributed by atoms with Gasteiger partial charge in [-0.1, -0.05) is 13.2 Å². The minimum Gasteiger partial charge on any atom is -0.489 e. The molecule has 6 rings (SSSR count). The normalized spacial score (nSPS) is 15.5. The first kappa shape index (κ1) is 16.0. The zero-order valence-corrected chi connectivity index (χ0v) is 13.5. The van der Waals surface area contributed by atoms with Gasteiger partial charge in [0.05, 0.1) is 0 Å². The van der Waals surface area contributed by atoms with Crippen molar-refractivity contribution in [3.05, 3.63) is 72.8 Å². The van der Waals surface area contributed by atoms with Crippen LogP contribution in [0.15, 0.2) is 72.8 Å². The van der Waals surface area contributed by atoms with E-state index in [0.29, 0.717) is 26.4 Å². The van der Waals surface area contributed by atoms with Crippen LogP contribution in [-0.2, 0) is 0 Å². The van der Waals surface area contributed by atoms with Crippen LogP contribution in [0.25, 0.3) is 0 Å². The van der Waals surface area contributed by atoms with Crippen LogP contribution in [0.5, 0.6) is 23.0 Å². The Labute approximate surface area is 141 Å². The third-order valence-corrected chi connectivity index (χ3v) is 3.42. The fourth-order valence-corrected chi connectivity index (χ4v) is 2.09. The van der Waals surface area contributed by atoms with Crippen LogP contribution < -0.4 is 18.9 Å². The first-order chi connectivity index (χ1) is 11.7. The zero-order valence-electron chi connectivity index (χ0n) is 13.5. The van der Waals surface area contributed by atoms with Gasteiger partial charge >= 0.3 is 0 Å². The Bertz CT molecular complexity index is 580. The maximum absolute atomic E-state index is 5.69. The Balaban J connectivity index is 1.72. The topological polar surface area (TPSA) is 36.9 Å². The summed E-state index contributed by atoms with van der Waals surface area (Å²) in [6.45, 7) is 9.55. The number of hydrogen-bond acceptors (Lipinski definition) is 4. The maximum atomic E-state index is 5.69. The largest absolute Gasteiger partial charge is 0.489 e. The van der Waals surface area contributed by atoms with Crippen molar-refractivity contribution >= 4 is 0 Å². The molecule has 124 valence electrons. The smallest absolute Gasteiger partial charge is 0.120 e. The Morgan fingerprint density at radius 2 is 0.667 bits per heavy atom. The van der Waals surface area contributed by atoms with Gasteiger partial charge in [-0.25, -0.2) is 0 Å². The summed E-state index contributed by atoms with van der Waals surface area (Å²) in [5, 5.41) is 0. The van der Waals surface area contributed by atoms with Crippen molar-refractivity contribution in [1.82, 2.24) is 0 Å². The molecule has 0 aromatic heterocycles. The van der Waals surface area contributed by atoms with Crippen LogP contribution in [0.4, 0.5) is 0 Å². The lowest BCUT2D eigenvalue weighted by atomic mass is 10.3. The van der Waals surface area contributed by atoms with Crippen LogP contribution in [-0.4, -0.2) is 26.4 Å². The second kappa shape index (κ2) is 7.59. The van der Waals surface area contributed by atoms with E-state index < -0.39 is 0 Å². The molecule has 24 heavy (non-hydrogen) atoms. The molecule has 0 atom stereocenters. The number of hydrogen-bond donors (Lipinski definition) is 0. The van der Waals surface area contributed by atoms with Gasteiger partial charge in [0, 0.05) is 0 Å². The molecule has 0 radical (unpaired) electrons. The average Bonchev–Trinajstić information content (AvgIpc) is 2.62. The van der Waals surface area contributed by atoms with Gasteiger partial charge in [-0.15, -0.1) is 0 Å². The van der Waals surface area contributed by atoms with E-state index in [9.17, 15) is 0 Å². The van der Waals surface area contributed by atoms with E-state index in [2.05, 4.69) is 13.2 Å². The van der Waals surface area contributed by atoms with Crippen molar-refractivity contribution < 1.29 is 18.9 Å². The fourth-order valence-electron chi connectivity index (χ4n) is 2.09. The Hall–Kier alpha value is -2.88. The zero-order chi connectivity index (χ0) is 16.8. The summed E-state index contributed by atoms with van der Waals surface area (Å²) >= 11 is 0. The molecule has 2 aromatic rings. The molecule has 0 N–H and O–H groups in total. The summed E-state index contributed by atoms with van der Waals surface area (Å²) in [6.07, 6.45) is 0. The molecule has 4 heterocycles. The molecule has 4 bridgehead atoms. The third-order valence-electron chi connectivity index (χ3n) is 3.42. The van der Waals surface area contributed by atoms with Gasteiger partial charge in [0.1, 0.15) is 49.4 Å². The molecule has 0 fully saturated rings. The molecule has 4 nitrogen and oxygen atoms in total. The summed E-state index contributed by atoms with van der Waals surface area (Å²) in [6, 6.07) is 14.9. The molecule has 0 aliphatic carbocycles. The monoisotopic (exact) mass is 324 g/mol. The van der Waals surface area contributed by atoms with Crippen molar-refractivity contribution in [3.8, 4) is 23.0 Å². The van der Waals surface area contributed by atoms with E-state index in [4.69, 9.17) is 18.9 Å². The fraction of sp³-hybridized carbons (Fsp3) is 0.200. The molecule has 4 aliphatic rings. The van der Waals surface area contributed by atoms with Crippen molar-refractivity contribution in [1.29, 1.82) is 0 Å². The average molecular weight is 324 g/mol. The molecule has 0 spiro atoms. The highest BCUT2D eigenvalue weighted by Gasteiger charge is 2.04. The summed E-state index contributed by atoms with van der Waals surface area (Å²) < 4.78 is 22.8. The van der Waals surface area contributed by atoms with Crippen molar-refractivity contribution in [2.45, 2.75) is 0 Å². The van der Waals surface area contributed by atoms with Gasteiger partial charge in [-0.2, -0.15) is 0 Å². The van der Waals surface area contributed by atoms with Crippen molar-refractivity contribution in [2.24, 2.45) is 0 Å². The molecule has 4 heteroatoms. The standard InChI is InChI=1S/C20H20O4/c1-15-11-21-17-3-7-19(8-4-17)23-13-16(2)14-24-20-9-5-18(6-10-20)22-12-15/h3-10H,1-2,11-14H2. The van der Waals surface area contributed by atoms with Gasteiger partial charge in [0.2, 0.25) is 0 Å². The number of benzene rings is 2. The lowest BCUT2D eigenvalue weighted by Gasteiger charge is -2.14. The Morgan fingerprint density at radius 1 is 0.458 bits per heavy atom. The second-order valence-corrected chi connectivity index (χ2v) is 5.60. The predicted molar refractivity (Wildman–Crippen MR) is 93.1 cm³/mol. The number of ether oxygens (including phenoxy) is 4. The third kappa shape index (κ3) is 4.56. The lowest BCUT2D eigenvalue weighted by Crippen LogP contribution is -2.10. The highest BCUT2D eigenvalue weighted by atomic mass is 16.5. The van der Waals surface area contributed by atoms with E-state index in [1.807, 2.05) is 48.5 Å². The molecule has 4 aliphatic heterocycles. The van der Waals surface area contributed by atoms with Gasteiger partial charge in [0.15, 0.2) is 0 Å². The van der Waals surface area contributed by atoms with Crippen LogP contribution in [0.3, 0.4) is 0 Å². The summed E-state index contributed by atoms with van der Waals surface area (Å²) in [5.74, 6) is 3.04. The SMILES string of the molecule is C=C1COc2ccc(cc2)OCC(=C)COc2ccc(cc2)OC1. The first-order valence-corrected chi connectivity index (χ1v) is 7.74. The molecule has 0 saturated carbocycles. The molecule has 0 saturated heterocycles. The van der Waals surface area contributed by atoms with Crippen LogP contribution in [0.2, 0.25) is 0 Å². The quantitative estimate of drug-likeness (QED) is 0.686. The van der Waals surface area contributed by atoms with Crippen LogP contribution in [0, 0.1) is 0 Å². The Kier molecular flexibility index (Phi) is 5.06.